The highest BCUT2D eigenvalue weighted by Gasteiger charge is 2.27. The van der Waals surface area contributed by atoms with E-state index in [1.807, 2.05) is 13.0 Å². The van der Waals surface area contributed by atoms with Crippen LogP contribution in [0, 0.1) is 12.8 Å². The summed E-state index contributed by atoms with van der Waals surface area (Å²) < 4.78 is 1.57. The van der Waals surface area contributed by atoms with Gasteiger partial charge in [0.05, 0.1) is 12.1 Å². The molecule has 116 valence electrons. The summed E-state index contributed by atoms with van der Waals surface area (Å²) in [5.74, 6) is -1.23. The van der Waals surface area contributed by atoms with Crippen LogP contribution in [0.3, 0.4) is 0 Å². The Balaban J connectivity index is 1.69. The fourth-order valence-electron chi connectivity index (χ4n) is 2.87. The zero-order valence-corrected chi connectivity index (χ0v) is 12.3. The number of hydrogen-bond donors (Lipinski definition) is 2. The van der Waals surface area contributed by atoms with Crippen LogP contribution >= 0.6 is 0 Å². The molecule has 1 saturated carbocycles. The summed E-state index contributed by atoms with van der Waals surface area (Å²) in [6.07, 6.45) is 5.87. The number of hydrogen-bond acceptors (Lipinski definition) is 4. The first-order valence-electron chi connectivity index (χ1n) is 7.39. The molecule has 0 saturated heterocycles. The summed E-state index contributed by atoms with van der Waals surface area (Å²) in [4.78, 5) is 27.7. The fourth-order valence-corrected chi connectivity index (χ4v) is 2.87. The molecule has 7 nitrogen and oxygen atoms in total. The highest BCUT2D eigenvalue weighted by Crippen LogP contribution is 2.24. The smallest absolute Gasteiger partial charge is 0.306 e. The van der Waals surface area contributed by atoms with Gasteiger partial charge >= 0.3 is 5.97 Å². The van der Waals surface area contributed by atoms with Gasteiger partial charge in [0.1, 0.15) is 5.56 Å². The number of rotatable bonds is 3. The van der Waals surface area contributed by atoms with Crippen molar-refractivity contribution in [1.29, 1.82) is 0 Å². The Morgan fingerprint density at radius 3 is 2.73 bits per heavy atom. The molecule has 2 heterocycles. The monoisotopic (exact) mass is 302 g/mol. The average molecular weight is 302 g/mol. The van der Waals surface area contributed by atoms with Gasteiger partial charge < -0.3 is 10.4 Å². The minimum atomic E-state index is -0.743. The van der Waals surface area contributed by atoms with Crippen molar-refractivity contribution in [2.75, 3.05) is 0 Å². The number of aryl methyl sites for hydroxylation is 1. The summed E-state index contributed by atoms with van der Waals surface area (Å²) in [5.41, 5.74) is 1.81. The molecule has 2 aromatic heterocycles. The van der Waals surface area contributed by atoms with E-state index < -0.39 is 5.97 Å². The Labute approximate surface area is 127 Å². The third kappa shape index (κ3) is 2.79. The molecular weight excluding hydrogens is 284 g/mol. The molecule has 0 radical (unpaired) electrons. The standard InChI is InChI=1S/C15H18N4O3/c1-9-6-7-19-13(17-9)12(8-16-19)14(20)18-11-4-2-10(3-5-11)15(21)22/h6-8,10-11H,2-5H2,1H3,(H,18,20)(H,21,22). The number of carbonyl (C=O) groups excluding carboxylic acids is 1. The van der Waals surface area contributed by atoms with Gasteiger partial charge in [-0.05, 0) is 38.7 Å². The summed E-state index contributed by atoms with van der Waals surface area (Å²) in [6, 6.07) is 1.84. The minimum absolute atomic E-state index is 0.0165. The topological polar surface area (TPSA) is 96.6 Å². The van der Waals surface area contributed by atoms with Crippen LogP contribution in [-0.4, -0.2) is 37.6 Å². The van der Waals surface area contributed by atoms with Crippen LogP contribution in [-0.2, 0) is 4.79 Å². The predicted octanol–water partition coefficient (Wildman–Crippen LogP) is 1.41. The molecule has 3 rings (SSSR count). The highest BCUT2D eigenvalue weighted by molar-refractivity contribution is 5.99. The first-order valence-corrected chi connectivity index (χ1v) is 7.39. The Kier molecular flexibility index (Phi) is 3.79. The van der Waals surface area contributed by atoms with Gasteiger partial charge in [-0.25, -0.2) is 9.50 Å². The van der Waals surface area contributed by atoms with Crippen LogP contribution in [0.5, 0.6) is 0 Å². The molecule has 1 fully saturated rings. The largest absolute Gasteiger partial charge is 0.481 e. The maximum Gasteiger partial charge on any atom is 0.306 e. The molecule has 2 N–H and O–H groups in total. The normalized spacial score (nSPS) is 21.7. The van der Waals surface area contributed by atoms with Crippen molar-refractivity contribution in [1.82, 2.24) is 19.9 Å². The zero-order chi connectivity index (χ0) is 15.7. The van der Waals surface area contributed by atoms with E-state index in [2.05, 4.69) is 15.4 Å². The second kappa shape index (κ2) is 5.75. The molecule has 0 aliphatic heterocycles. The second-order valence-corrected chi connectivity index (χ2v) is 5.76. The molecule has 1 aliphatic rings. The van der Waals surface area contributed by atoms with Gasteiger partial charge in [0.25, 0.3) is 5.91 Å². The van der Waals surface area contributed by atoms with Crippen molar-refractivity contribution in [2.45, 2.75) is 38.6 Å². The van der Waals surface area contributed by atoms with E-state index in [-0.39, 0.29) is 17.9 Å². The highest BCUT2D eigenvalue weighted by atomic mass is 16.4. The lowest BCUT2D eigenvalue weighted by molar-refractivity contribution is -0.142. The van der Waals surface area contributed by atoms with Crippen molar-refractivity contribution in [3.8, 4) is 0 Å². The summed E-state index contributed by atoms with van der Waals surface area (Å²) in [5, 5.41) is 16.1. The molecular formula is C15H18N4O3. The van der Waals surface area contributed by atoms with Crippen molar-refractivity contribution < 1.29 is 14.7 Å². The molecule has 0 aromatic carbocycles. The molecule has 0 spiro atoms. The van der Waals surface area contributed by atoms with Crippen molar-refractivity contribution >= 4 is 17.5 Å². The Morgan fingerprint density at radius 2 is 2.05 bits per heavy atom. The second-order valence-electron chi connectivity index (χ2n) is 5.76. The molecule has 1 amide bonds. The lowest BCUT2D eigenvalue weighted by Gasteiger charge is -2.26. The lowest BCUT2D eigenvalue weighted by Crippen LogP contribution is -2.38. The van der Waals surface area contributed by atoms with Crippen molar-refractivity contribution in [2.24, 2.45) is 5.92 Å². The lowest BCUT2D eigenvalue weighted by atomic mass is 9.86. The van der Waals surface area contributed by atoms with E-state index in [4.69, 9.17) is 5.11 Å². The molecule has 1 aliphatic carbocycles. The number of nitrogens with zero attached hydrogens (tertiary/aromatic N) is 3. The van der Waals surface area contributed by atoms with E-state index in [1.165, 1.54) is 6.20 Å². The zero-order valence-electron chi connectivity index (χ0n) is 12.3. The number of aromatic nitrogens is 3. The van der Waals surface area contributed by atoms with Crippen LogP contribution < -0.4 is 5.32 Å². The van der Waals surface area contributed by atoms with Gasteiger partial charge in [0, 0.05) is 17.9 Å². The first-order chi connectivity index (χ1) is 10.5. The number of nitrogens with one attached hydrogen (secondary N) is 1. The van der Waals surface area contributed by atoms with Gasteiger partial charge in [-0.2, -0.15) is 5.10 Å². The van der Waals surface area contributed by atoms with Crippen LogP contribution in [0.4, 0.5) is 0 Å². The Bertz CT molecular complexity index is 717. The van der Waals surface area contributed by atoms with E-state index in [0.29, 0.717) is 36.9 Å². The average Bonchev–Trinajstić information content (AvgIpc) is 2.90. The SMILES string of the molecule is Cc1ccn2ncc(C(=O)NC3CCC(C(=O)O)CC3)c2n1. The number of aliphatic carboxylic acids is 1. The van der Waals surface area contributed by atoms with Crippen LogP contribution in [0.25, 0.3) is 5.65 Å². The molecule has 0 atom stereocenters. The number of amides is 1. The summed E-state index contributed by atoms with van der Waals surface area (Å²) in [6.45, 7) is 1.86. The maximum absolute atomic E-state index is 12.4. The maximum atomic E-state index is 12.4. The van der Waals surface area contributed by atoms with E-state index >= 15 is 0 Å². The number of carboxylic acids is 1. The minimum Gasteiger partial charge on any atom is -0.481 e. The molecule has 0 unspecified atom stereocenters. The number of fused-ring (bicyclic) bond motifs is 1. The van der Waals surface area contributed by atoms with Gasteiger partial charge in [-0.1, -0.05) is 0 Å². The van der Waals surface area contributed by atoms with Crippen LogP contribution in [0.2, 0.25) is 0 Å². The molecule has 7 heteroatoms. The number of carbonyl (C=O) groups is 2. The van der Waals surface area contributed by atoms with Gasteiger partial charge in [-0.3, -0.25) is 9.59 Å². The fraction of sp³-hybridized carbons (Fsp3) is 0.467. The first kappa shape index (κ1) is 14.5. The Hall–Kier alpha value is -2.44. The number of carboxylic acid groups (broad SMARTS) is 1. The molecule has 22 heavy (non-hydrogen) atoms. The van der Waals surface area contributed by atoms with Crippen LogP contribution in [0.1, 0.15) is 41.7 Å². The molecule has 2 aromatic rings. The van der Waals surface area contributed by atoms with E-state index in [1.54, 1.807) is 10.7 Å². The quantitative estimate of drug-likeness (QED) is 0.893. The van der Waals surface area contributed by atoms with E-state index in [0.717, 1.165) is 5.69 Å². The van der Waals surface area contributed by atoms with Gasteiger partial charge in [0.15, 0.2) is 5.65 Å². The van der Waals surface area contributed by atoms with Crippen molar-refractivity contribution in [3.05, 3.63) is 29.7 Å². The van der Waals surface area contributed by atoms with Crippen LogP contribution in [0.15, 0.2) is 18.5 Å². The van der Waals surface area contributed by atoms with E-state index in [9.17, 15) is 9.59 Å². The van der Waals surface area contributed by atoms with Crippen molar-refractivity contribution in [3.63, 3.8) is 0 Å². The summed E-state index contributed by atoms with van der Waals surface area (Å²) in [7, 11) is 0. The third-order valence-electron chi connectivity index (χ3n) is 4.16. The Morgan fingerprint density at radius 1 is 1.32 bits per heavy atom. The third-order valence-corrected chi connectivity index (χ3v) is 4.16. The molecule has 0 bridgehead atoms. The summed E-state index contributed by atoms with van der Waals surface area (Å²) >= 11 is 0. The van der Waals surface area contributed by atoms with Gasteiger partial charge in [-0.15, -0.1) is 0 Å². The van der Waals surface area contributed by atoms with Gasteiger partial charge in [0.2, 0.25) is 0 Å². The predicted molar refractivity (Wildman–Crippen MR) is 78.6 cm³/mol.